The lowest BCUT2D eigenvalue weighted by molar-refractivity contribution is 0.199. The van der Waals surface area contributed by atoms with Gasteiger partial charge in [-0.2, -0.15) is 5.10 Å². The van der Waals surface area contributed by atoms with Crippen molar-refractivity contribution in [1.29, 1.82) is 0 Å². The maximum absolute atomic E-state index is 5.28. The highest BCUT2D eigenvalue weighted by Crippen LogP contribution is 2.22. The predicted octanol–water partition coefficient (Wildman–Crippen LogP) is 5.16. The molecule has 2 N–H and O–H groups in total. The summed E-state index contributed by atoms with van der Waals surface area (Å²) in [4.78, 5) is 7.84. The van der Waals surface area contributed by atoms with Crippen molar-refractivity contribution in [3.05, 3.63) is 120 Å². The van der Waals surface area contributed by atoms with E-state index in [9.17, 15) is 0 Å². The van der Waals surface area contributed by atoms with Crippen molar-refractivity contribution < 1.29 is 0 Å². The second-order valence-corrected chi connectivity index (χ2v) is 10.8. The molecule has 2 aliphatic heterocycles. The highest BCUT2D eigenvalue weighted by Gasteiger charge is 2.26. The standard InChI is InChI=1S/C33H38N6/c1-4-10-26(11-5-1)16-21-39-25-31-32(37-39)33(36-30(23-34-31)22-27-12-6-2-7-13-27)35-29-17-19-38(20-18-29)24-28-14-8-3-9-15-28/h1-15,25,29-30,34H,16-24H2,(H,35,36)/t30-/m1/s1. The molecule has 6 heteroatoms. The molecule has 0 radical (unpaired) electrons. The number of hydrogen-bond acceptors (Lipinski definition) is 5. The van der Waals surface area contributed by atoms with E-state index >= 15 is 0 Å². The number of hydrogen-bond donors (Lipinski definition) is 2. The first-order valence-electron chi connectivity index (χ1n) is 14.3. The summed E-state index contributed by atoms with van der Waals surface area (Å²) in [6.45, 7) is 4.84. The lowest BCUT2D eigenvalue weighted by Gasteiger charge is -2.33. The third kappa shape index (κ3) is 6.76. The van der Waals surface area contributed by atoms with Gasteiger partial charge in [-0.25, -0.2) is 0 Å². The third-order valence-corrected chi connectivity index (χ3v) is 7.79. The van der Waals surface area contributed by atoms with E-state index in [0.29, 0.717) is 6.04 Å². The van der Waals surface area contributed by atoms with Gasteiger partial charge in [0.05, 0.1) is 11.7 Å². The first-order valence-corrected chi connectivity index (χ1v) is 14.3. The van der Waals surface area contributed by atoms with E-state index in [1.165, 1.54) is 16.7 Å². The Balaban J connectivity index is 1.16. The Hall–Kier alpha value is -3.90. The van der Waals surface area contributed by atoms with Crippen LogP contribution in [0.2, 0.25) is 0 Å². The Morgan fingerprint density at radius 1 is 0.795 bits per heavy atom. The monoisotopic (exact) mass is 518 g/mol. The summed E-state index contributed by atoms with van der Waals surface area (Å²) < 4.78 is 2.07. The van der Waals surface area contributed by atoms with Crippen molar-refractivity contribution >= 4 is 11.5 Å². The number of aryl methyl sites for hydroxylation is 2. The molecule has 1 aromatic heterocycles. The molecule has 2 aliphatic rings. The van der Waals surface area contributed by atoms with E-state index in [0.717, 1.165) is 75.6 Å². The zero-order chi connectivity index (χ0) is 26.3. The fourth-order valence-corrected chi connectivity index (χ4v) is 5.63. The van der Waals surface area contributed by atoms with Gasteiger partial charge in [0.2, 0.25) is 0 Å². The fraction of sp³-hybridized carbons (Fsp3) is 0.333. The van der Waals surface area contributed by atoms with Crippen LogP contribution in [0.15, 0.2) is 102 Å². The maximum Gasteiger partial charge on any atom is 0.151 e. The first-order chi connectivity index (χ1) is 19.3. The summed E-state index contributed by atoms with van der Waals surface area (Å²) in [5.41, 5.74) is 6.05. The minimum Gasteiger partial charge on any atom is -0.380 e. The normalized spacial score (nSPS) is 18.1. The Morgan fingerprint density at radius 3 is 2.13 bits per heavy atom. The van der Waals surface area contributed by atoms with Crippen LogP contribution in [-0.4, -0.2) is 52.2 Å². The van der Waals surface area contributed by atoms with Crippen molar-refractivity contribution in [2.24, 2.45) is 4.99 Å². The Kier molecular flexibility index (Phi) is 8.01. The quantitative estimate of drug-likeness (QED) is 0.338. The van der Waals surface area contributed by atoms with Gasteiger partial charge in [-0.05, 0) is 42.4 Å². The molecule has 0 unspecified atom stereocenters. The van der Waals surface area contributed by atoms with Crippen LogP contribution in [-0.2, 0) is 25.9 Å². The number of nitrogens with zero attached hydrogens (tertiary/aromatic N) is 4. The third-order valence-electron chi connectivity index (χ3n) is 7.79. The molecular weight excluding hydrogens is 480 g/mol. The SMILES string of the molecule is c1ccc(CCn2cc3c(n2)C(NC2CCN(Cc4ccccc4)CC2)=N[C@H](Cc2ccccc2)CN3)cc1. The van der Waals surface area contributed by atoms with E-state index in [-0.39, 0.29) is 6.04 Å². The van der Waals surface area contributed by atoms with Crippen molar-refractivity contribution in [3.63, 3.8) is 0 Å². The number of nitrogens with one attached hydrogen (secondary N) is 2. The smallest absolute Gasteiger partial charge is 0.151 e. The molecule has 1 saturated heterocycles. The number of likely N-dealkylation sites (tertiary alicyclic amines) is 1. The van der Waals surface area contributed by atoms with Gasteiger partial charge in [-0.3, -0.25) is 14.6 Å². The van der Waals surface area contributed by atoms with Gasteiger partial charge in [-0.15, -0.1) is 0 Å². The average molecular weight is 519 g/mol. The van der Waals surface area contributed by atoms with Crippen LogP contribution < -0.4 is 10.6 Å². The summed E-state index contributed by atoms with van der Waals surface area (Å²) in [6.07, 6.45) is 6.23. The Morgan fingerprint density at radius 2 is 1.44 bits per heavy atom. The molecule has 6 nitrogen and oxygen atoms in total. The largest absolute Gasteiger partial charge is 0.380 e. The van der Waals surface area contributed by atoms with Crippen LogP contribution in [0.25, 0.3) is 0 Å². The molecule has 0 amide bonds. The van der Waals surface area contributed by atoms with Crippen molar-refractivity contribution in [2.75, 3.05) is 25.0 Å². The van der Waals surface area contributed by atoms with Gasteiger partial charge in [0.15, 0.2) is 11.5 Å². The first kappa shape index (κ1) is 25.4. The Bertz CT molecular complexity index is 1340. The molecule has 1 fully saturated rings. The van der Waals surface area contributed by atoms with Crippen LogP contribution >= 0.6 is 0 Å². The molecule has 3 heterocycles. The van der Waals surface area contributed by atoms with Gasteiger partial charge in [0.25, 0.3) is 0 Å². The molecule has 0 aliphatic carbocycles. The molecule has 0 bridgehead atoms. The van der Waals surface area contributed by atoms with Gasteiger partial charge in [0.1, 0.15) is 0 Å². The lowest BCUT2D eigenvalue weighted by atomic mass is 10.0. The topological polar surface area (TPSA) is 57.5 Å². The number of aromatic nitrogens is 2. The predicted molar refractivity (Wildman–Crippen MR) is 159 cm³/mol. The summed E-state index contributed by atoms with van der Waals surface area (Å²) in [7, 11) is 0. The molecule has 0 saturated carbocycles. The molecule has 3 aromatic carbocycles. The number of fused-ring (bicyclic) bond motifs is 1. The van der Waals surface area contributed by atoms with Crippen molar-refractivity contribution in [3.8, 4) is 0 Å². The number of aliphatic imine (C=N–C) groups is 1. The number of piperidine rings is 1. The molecule has 4 aromatic rings. The van der Waals surface area contributed by atoms with Gasteiger partial charge >= 0.3 is 0 Å². The highest BCUT2D eigenvalue weighted by atomic mass is 15.3. The van der Waals surface area contributed by atoms with Crippen LogP contribution in [0.3, 0.4) is 0 Å². The number of rotatable bonds is 8. The fourth-order valence-electron chi connectivity index (χ4n) is 5.63. The Labute approximate surface area is 231 Å². The van der Waals surface area contributed by atoms with E-state index in [4.69, 9.17) is 10.1 Å². The summed E-state index contributed by atoms with van der Waals surface area (Å²) in [6, 6.07) is 32.6. The molecule has 6 rings (SSSR count). The van der Waals surface area contributed by atoms with Crippen molar-refractivity contribution in [2.45, 2.75) is 50.9 Å². The second-order valence-electron chi connectivity index (χ2n) is 10.8. The average Bonchev–Trinajstić information content (AvgIpc) is 3.33. The highest BCUT2D eigenvalue weighted by molar-refractivity contribution is 6.02. The zero-order valence-corrected chi connectivity index (χ0v) is 22.5. The minimum atomic E-state index is 0.153. The molecule has 39 heavy (non-hydrogen) atoms. The van der Waals surface area contributed by atoms with Crippen LogP contribution in [0.4, 0.5) is 5.69 Å². The summed E-state index contributed by atoms with van der Waals surface area (Å²) in [5, 5.41) is 12.6. The molecule has 0 spiro atoms. The van der Waals surface area contributed by atoms with E-state index in [1.807, 2.05) is 0 Å². The summed E-state index contributed by atoms with van der Waals surface area (Å²) in [5.74, 6) is 0.941. The number of benzene rings is 3. The lowest BCUT2D eigenvalue weighted by Crippen LogP contribution is -2.45. The molecule has 200 valence electrons. The maximum atomic E-state index is 5.28. The zero-order valence-electron chi connectivity index (χ0n) is 22.5. The van der Waals surface area contributed by atoms with E-state index < -0.39 is 0 Å². The second kappa shape index (κ2) is 12.3. The number of anilines is 1. The molecular formula is C33H38N6. The van der Waals surface area contributed by atoms with Gasteiger partial charge < -0.3 is 10.6 Å². The van der Waals surface area contributed by atoms with Gasteiger partial charge in [-0.1, -0.05) is 91.0 Å². The minimum absolute atomic E-state index is 0.153. The van der Waals surface area contributed by atoms with E-state index in [1.54, 1.807) is 0 Å². The summed E-state index contributed by atoms with van der Waals surface area (Å²) >= 11 is 0. The molecule has 1 atom stereocenters. The van der Waals surface area contributed by atoms with Gasteiger partial charge in [0, 0.05) is 45.0 Å². The van der Waals surface area contributed by atoms with Crippen LogP contribution in [0.1, 0.15) is 35.2 Å². The van der Waals surface area contributed by atoms with Crippen LogP contribution in [0.5, 0.6) is 0 Å². The van der Waals surface area contributed by atoms with Crippen molar-refractivity contribution in [1.82, 2.24) is 20.0 Å². The van der Waals surface area contributed by atoms with E-state index in [2.05, 4.69) is 117 Å². The van der Waals surface area contributed by atoms with Crippen LogP contribution in [0, 0.1) is 0 Å². The number of amidine groups is 1.